The largest absolute Gasteiger partial charge is 0.491 e. The average molecular weight is 618 g/mol. The molecule has 9 heteroatoms. The van der Waals surface area contributed by atoms with Crippen LogP contribution in [0, 0.1) is 18.8 Å². The van der Waals surface area contributed by atoms with Crippen molar-refractivity contribution >= 4 is 37.2 Å². The molecule has 224 valence electrons. The van der Waals surface area contributed by atoms with E-state index in [2.05, 4.69) is 35.4 Å². The summed E-state index contributed by atoms with van der Waals surface area (Å²) in [6.45, 7) is 4.25. The summed E-state index contributed by atoms with van der Waals surface area (Å²) in [6, 6.07) is 19.8. The van der Waals surface area contributed by atoms with Gasteiger partial charge in [0, 0.05) is 22.1 Å². The van der Waals surface area contributed by atoms with Crippen molar-refractivity contribution in [2.24, 2.45) is 5.73 Å². The Morgan fingerprint density at radius 2 is 1.74 bits per heavy atom. The third kappa shape index (κ3) is 7.57. The molecule has 0 spiro atoms. The van der Waals surface area contributed by atoms with Crippen LogP contribution in [0.5, 0.6) is 11.5 Å². The molecule has 5 rings (SSSR count). The number of sulfone groups is 1. The molecule has 1 atom stereocenters. The van der Waals surface area contributed by atoms with Crippen LogP contribution in [0.15, 0.2) is 66.0 Å². The van der Waals surface area contributed by atoms with Crippen LogP contribution in [-0.2, 0) is 21.2 Å². The standard InChI is InChI=1S/C34H35NO6S2/c1-3-4-26(19-33(35)36)25-6-8-27(9-7-25)40-20-24-5-12-32-30(18-24)31(21-42-32)29-11-10-28(17-23(29)2)41-22-34(37)13-15-43(38,39)16-14-34/h5-12,17-18,21,26,37H,13-16,19-20,22H2,1-2H3,(H2,35,36)/t26-/m0/s1. The van der Waals surface area contributed by atoms with Crippen molar-refractivity contribution in [3.63, 3.8) is 0 Å². The van der Waals surface area contributed by atoms with Gasteiger partial charge in [-0.2, -0.15) is 0 Å². The topological polar surface area (TPSA) is 116 Å². The smallest absolute Gasteiger partial charge is 0.219 e. The van der Waals surface area contributed by atoms with Gasteiger partial charge in [-0.1, -0.05) is 30.2 Å². The van der Waals surface area contributed by atoms with E-state index in [4.69, 9.17) is 15.2 Å². The lowest BCUT2D eigenvalue weighted by Crippen LogP contribution is -2.43. The van der Waals surface area contributed by atoms with Gasteiger partial charge in [-0.15, -0.1) is 17.3 Å². The Bertz CT molecular complexity index is 1780. The van der Waals surface area contributed by atoms with Crippen molar-refractivity contribution in [2.45, 2.75) is 51.2 Å². The quantitative estimate of drug-likeness (QED) is 0.219. The normalized spacial score (nSPS) is 16.2. The molecule has 2 heterocycles. The maximum atomic E-state index is 11.7. The van der Waals surface area contributed by atoms with E-state index in [9.17, 15) is 18.3 Å². The van der Waals surface area contributed by atoms with E-state index in [1.807, 2.05) is 49.4 Å². The van der Waals surface area contributed by atoms with Gasteiger partial charge in [-0.25, -0.2) is 8.42 Å². The monoisotopic (exact) mass is 617 g/mol. The lowest BCUT2D eigenvalue weighted by molar-refractivity contribution is -0.118. The number of carbonyl (C=O) groups is 1. The van der Waals surface area contributed by atoms with Crippen LogP contribution in [0.25, 0.3) is 21.2 Å². The molecular weight excluding hydrogens is 583 g/mol. The summed E-state index contributed by atoms with van der Waals surface area (Å²) in [6.07, 6.45) is 0.559. The van der Waals surface area contributed by atoms with Gasteiger partial charge in [-0.3, -0.25) is 4.79 Å². The number of amides is 1. The highest BCUT2D eigenvalue weighted by molar-refractivity contribution is 7.91. The third-order valence-electron chi connectivity index (χ3n) is 7.80. The number of benzene rings is 3. The second-order valence-corrected chi connectivity index (χ2v) is 14.3. The van der Waals surface area contributed by atoms with Gasteiger partial charge in [0.25, 0.3) is 0 Å². The molecule has 1 saturated heterocycles. The molecule has 1 aliphatic rings. The zero-order valence-electron chi connectivity index (χ0n) is 24.3. The Kier molecular flexibility index (Phi) is 9.11. The number of aryl methyl sites for hydroxylation is 1. The van der Waals surface area contributed by atoms with Crippen LogP contribution in [0.1, 0.15) is 48.8 Å². The molecule has 0 bridgehead atoms. The second kappa shape index (κ2) is 12.8. The number of hydrogen-bond acceptors (Lipinski definition) is 7. The average Bonchev–Trinajstić information content (AvgIpc) is 3.40. The lowest BCUT2D eigenvalue weighted by Gasteiger charge is -2.31. The molecule has 0 aliphatic carbocycles. The van der Waals surface area contributed by atoms with Crippen LogP contribution in [0.3, 0.4) is 0 Å². The highest BCUT2D eigenvalue weighted by atomic mass is 32.2. The van der Waals surface area contributed by atoms with Gasteiger partial charge < -0.3 is 20.3 Å². The fourth-order valence-corrected chi connectivity index (χ4v) is 7.80. The first kappa shape index (κ1) is 30.6. The maximum Gasteiger partial charge on any atom is 0.219 e. The number of hydrogen-bond donors (Lipinski definition) is 2. The number of thiophene rings is 1. The number of carbonyl (C=O) groups excluding carboxylic acids is 1. The van der Waals surface area contributed by atoms with E-state index in [1.54, 1.807) is 18.3 Å². The van der Waals surface area contributed by atoms with E-state index in [0.717, 1.165) is 39.0 Å². The summed E-state index contributed by atoms with van der Waals surface area (Å²) in [5.41, 5.74) is 9.49. The van der Waals surface area contributed by atoms with Gasteiger partial charge in [0.15, 0.2) is 9.84 Å². The van der Waals surface area contributed by atoms with Crippen LogP contribution in [-0.4, -0.2) is 43.1 Å². The lowest BCUT2D eigenvalue weighted by atomic mass is 9.96. The molecule has 1 aliphatic heterocycles. The SMILES string of the molecule is CC#C[C@@H](CC(N)=O)c1ccc(OCc2ccc3scc(-c4ccc(OCC5(O)CCS(=O)(=O)CC5)cc4C)c3c2)cc1. The Hall–Kier alpha value is -3.84. The van der Waals surface area contributed by atoms with Gasteiger partial charge in [0.2, 0.25) is 5.91 Å². The van der Waals surface area contributed by atoms with E-state index in [0.29, 0.717) is 12.4 Å². The van der Waals surface area contributed by atoms with Crippen molar-refractivity contribution in [3.05, 3.63) is 82.7 Å². The number of aliphatic hydroxyl groups is 1. The van der Waals surface area contributed by atoms with Crippen LogP contribution < -0.4 is 15.2 Å². The van der Waals surface area contributed by atoms with Gasteiger partial charge in [0.1, 0.15) is 30.3 Å². The minimum Gasteiger partial charge on any atom is -0.491 e. The van der Waals surface area contributed by atoms with Crippen molar-refractivity contribution in [1.29, 1.82) is 0 Å². The van der Waals surface area contributed by atoms with Crippen LogP contribution in [0.2, 0.25) is 0 Å². The predicted octanol–water partition coefficient (Wildman–Crippen LogP) is 5.76. The molecule has 0 unspecified atom stereocenters. The molecule has 43 heavy (non-hydrogen) atoms. The molecule has 1 aromatic heterocycles. The molecule has 0 saturated carbocycles. The zero-order chi connectivity index (χ0) is 30.6. The summed E-state index contributed by atoms with van der Waals surface area (Å²) in [4.78, 5) is 11.4. The first-order valence-electron chi connectivity index (χ1n) is 14.1. The predicted molar refractivity (Wildman–Crippen MR) is 171 cm³/mol. The molecule has 4 aromatic rings. The number of rotatable bonds is 10. The summed E-state index contributed by atoms with van der Waals surface area (Å²) in [5, 5.41) is 14.1. The zero-order valence-corrected chi connectivity index (χ0v) is 25.9. The fourth-order valence-electron chi connectivity index (χ4n) is 5.27. The minimum atomic E-state index is -3.06. The van der Waals surface area contributed by atoms with E-state index < -0.39 is 15.4 Å². The van der Waals surface area contributed by atoms with Gasteiger partial charge in [-0.05, 0) is 90.7 Å². The summed E-state index contributed by atoms with van der Waals surface area (Å²) in [7, 11) is -3.06. The Morgan fingerprint density at radius 1 is 1.02 bits per heavy atom. The number of ether oxygens (including phenoxy) is 2. The van der Waals surface area contributed by atoms with Gasteiger partial charge in [0.05, 0.1) is 17.4 Å². The second-order valence-electron chi connectivity index (χ2n) is 11.1. The summed E-state index contributed by atoms with van der Waals surface area (Å²) in [5.74, 6) is 6.65. The molecule has 7 nitrogen and oxygen atoms in total. The highest BCUT2D eigenvalue weighted by Crippen LogP contribution is 2.37. The number of nitrogens with two attached hydrogens (primary N) is 1. The van der Waals surface area contributed by atoms with E-state index in [1.165, 1.54) is 4.70 Å². The molecule has 0 radical (unpaired) electrons. The van der Waals surface area contributed by atoms with Crippen LogP contribution in [0.4, 0.5) is 0 Å². The molecule has 1 amide bonds. The fraction of sp³-hybridized carbons (Fsp3) is 0.324. The molecule has 3 N–H and O–H groups in total. The van der Waals surface area contributed by atoms with Crippen molar-refractivity contribution in [1.82, 2.24) is 0 Å². The first-order chi connectivity index (χ1) is 20.5. The summed E-state index contributed by atoms with van der Waals surface area (Å²) < 4.78 is 36.6. The Balaban J connectivity index is 1.26. The number of fused-ring (bicyclic) bond motifs is 1. The van der Waals surface area contributed by atoms with Gasteiger partial charge >= 0.3 is 0 Å². The highest BCUT2D eigenvalue weighted by Gasteiger charge is 2.36. The third-order valence-corrected chi connectivity index (χ3v) is 10.4. The Morgan fingerprint density at radius 3 is 2.42 bits per heavy atom. The summed E-state index contributed by atoms with van der Waals surface area (Å²) >= 11 is 1.69. The van der Waals surface area contributed by atoms with E-state index in [-0.39, 0.29) is 49.2 Å². The molecular formula is C34H35NO6S2. The molecule has 1 fully saturated rings. The van der Waals surface area contributed by atoms with Crippen molar-refractivity contribution in [3.8, 4) is 34.5 Å². The van der Waals surface area contributed by atoms with E-state index >= 15 is 0 Å². The first-order valence-corrected chi connectivity index (χ1v) is 16.8. The minimum absolute atomic E-state index is 0.0110. The molecule has 3 aromatic carbocycles. The Labute approximate surface area is 256 Å². The maximum absolute atomic E-state index is 11.7. The van der Waals surface area contributed by atoms with Crippen LogP contribution >= 0.6 is 11.3 Å². The van der Waals surface area contributed by atoms with Crippen molar-refractivity contribution in [2.75, 3.05) is 18.1 Å². The van der Waals surface area contributed by atoms with Crippen molar-refractivity contribution < 1.29 is 27.8 Å². The number of primary amides is 1.